The molecule has 3 heterocycles. The van der Waals surface area contributed by atoms with Gasteiger partial charge in [0.25, 0.3) is 5.91 Å². The van der Waals surface area contributed by atoms with Gasteiger partial charge in [-0.15, -0.1) is 11.3 Å². The van der Waals surface area contributed by atoms with Gasteiger partial charge in [-0.05, 0) is 31.2 Å². The Hall–Kier alpha value is -1.89. The minimum absolute atomic E-state index is 0.143. The Kier molecular flexibility index (Phi) is 4.89. The molecule has 0 bridgehead atoms. The second kappa shape index (κ2) is 6.93. The number of rotatable bonds is 3. The van der Waals surface area contributed by atoms with Crippen LogP contribution in [0.3, 0.4) is 0 Å². The first-order valence-electron chi connectivity index (χ1n) is 8.48. The Balaban J connectivity index is 1.69. The molecule has 0 aromatic carbocycles. The molecule has 24 heavy (non-hydrogen) atoms. The largest absolute Gasteiger partial charge is 0.341 e. The summed E-state index contributed by atoms with van der Waals surface area (Å²) >= 11 is 1.42. The molecule has 1 aromatic heterocycles. The maximum atomic E-state index is 12.8. The number of hydrogen-bond acceptors (Lipinski definition) is 4. The van der Waals surface area contributed by atoms with Crippen molar-refractivity contribution in [3.63, 3.8) is 0 Å². The summed E-state index contributed by atoms with van der Waals surface area (Å²) in [6, 6.07) is 3.18. The van der Waals surface area contributed by atoms with Crippen molar-refractivity contribution in [1.82, 2.24) is 15.1 Å². The number of thiophene rings is 1. The minimum Gasteiger partial charge on any atom is -0.341 e. The van der Waals surface area contributed by atoms with Crippen molar-refractivity contribution in [3.8, 4) is 0 Å². The van der Waals surface area contributed by atoms with Gasteiger partial charge in [-0.2, -0.15) is 0 Å². The Morgan fingerprint density at radius 1 is 1.21 bits per heavy atom. The lowest BCUT2D eigenvalue weighted by molar-refractivity contribution is -0.139. The molecule has 7 heteroatoms. The zero-order chi connectivity index (χ0) is 17.2. The van der Waals surface area contributed by atoms with Crippen LogP contribution in [-0.2, 0) is 15.1 Å². The maximum Gasteiger partial charge on any atom is 0.325 e. The average Bonchev–Trinajstić information content (AvgIpc) is 3.11. The van der Waals surface area contributed by atoms with Crippen LogP contribution in [0.1, 0.15) is 43.9 Å². The van der Waals surface area contributed by atoms with E-state index in [-0.39, 0.29) is 18.4 Å². The van der Waals surface area contributed by atoms with E-state index in [1.165, 1.54) is 17.8 Å². The summed E-state index contributed by atoms with van der Waals surface area (Å²) in [7, 11) is 0. The van der Waals surface area contributed by atoms with Crippen LogP contribution in [0.4, 0.5) is 4.79 Å². The summed E-state index contributed by atoms with van der Waals surface area (Å²) in [6.45, 7) is 2.95. The van der Waals surface area contributed by atoms with Gasteiger partial charge >= 0.3 is 6.03 Å². The van der Waals surface area contributed by atoms with Crippen LogP contribution in [-0.4, -0.2) is 47.3 Å². The van der Waals surface area contributed by atoms with Gasteiger partial charge in [0.1, 0.15) is 6.54 Å². The fourth-order valence-corrected chi connectivity index (χ4v) is 4.14. The minimum atomic E-state index is -1.07. The zero-order valence-electron chi connectivity index (χ0n) is 13.9. The predicted octanol–water partition coefficient (Wildman–Crippen LogP) is 2.31. The van der Waals surface area contributed by atoms with Crippen LogP contribution < -0.4 is 5.32 Å². The second-order valence-electron chi connectivity index (χ2n) is 6.57. The van der Waals surface area contributed by atoms with Gasteiger partial charge in [0.05, 0.1) is 0 Å². The first kappa shape index (κ1) is 17.0. The van der Waals surface area contributed by atoms with E-state index in [9.17, 15) is 14.4 Å². The van der Waals surface area contributed by atoms with Crippen molar-refractivity contribution in [1.29, 1.82) is 0 Å². The van der Waals surface area contributed by atoms with E-state index >= 15 is 0 Å². The fourth-order valence-electron chi connectivity index (χ4n) is 3.30. The van der Waals surface area contributed by atoms with Gasteiger partial charge < -0.3 is 10.2 Å². The number of urea groups is 1. The van der Waals surface area contributed by atoms with E-state index in [2.05, 4.69) is 5.32 Å². The molecular weight excluding hydrogens is 326 g/mol. The number of hydrogen-bond donors (Lipinski definition) is 1. The van der Waals surface area contributed by atoms with Gasteiger partial charge in [-0.25, -0.2) is 4.79 Å². The smallest absolute Gasteiger partial charge is 0.325 e. The lowest BCUT2D eigenvalue weighted by atomic mass is 10.0. The Morgan fingerprint density at radius 2 is 1.88 bits per heavy atom. The zero-order valence-corrected chi connectivity index (χ0v) is 14.7. The molecule has 2 saturated heterocycles. The molecule has 130 valence electrons. The van der Waals surface area contributed by atoms with E-state index in [1.807, 2.05) is 17.5 Å². The molecule has 1 unspecified atom stereocenters. The van der Waals surface area contributed by atoms with Crippen molar-refractivity contribution in [3.05, 3.63) is 22.4 Å². The summed E-state index contributed by atoms with van der Waals surface area (Å²) < 4.78 is 0. The summed E-state index contributed by atoms with van der Waals surface area (Å²) in [6.07, 6.45) is 5.44. The summed E-state index contributed by atoms with van der Waals surface area (Å²) in [5.41, 5.74) is -1.07. The third-order valence-corrected chi connectivity index (χ3v) is 5.88. The molecule has 0 saturated carbocycles. The molecule has 0 spiro atoms. The normalized spacial score (nSPS) is 25.4. The number of carbonyl (C=O) groups is 3. The van der Waals surface area contributed by atoms with Gasteiger partial charge in [0.2, 0.25) is 5.91 Å². The van der Waals surface area contributed by atoms with E-state index in [0.717, 1.165) is 35.5 Å². The van der Waals surface area contributed by atoms with E-state index in [0.29, 0.717) is 13.1 Å². The SMILES string of the molecule is CC1(c2cccs2)NC(=O)N(CC(=O)N2CCCCCCC2)C1=O. The van der Waals surface area contributed by atoms with Crippen LogP contribution in [0, 0.1) is 0 Å². The summed E-state index contributed by atoms with van der Waals surface area (Å²) in [5, 5.41) is 4.61. The van der Waals surface area contributed by atoms with E-state index in [4.69, 9.17) is 0 Å². The van der Waals surface area contributed by atoms with Gasteiger partial charge in [0.15, 0.2) is 5.54 Å². The highest BCUT2D eigenvalue weighted by Crippen LogP contribution is 2.31. The molecular formula is C17H23N3O3S. The predicted molar refractivity (Wildman–Crippen MR) is 91.6 cm³/mol. The topological polar surface area (TPSA) is 69.7 Å². The number of nitrogens with one attached hydrogen (secondary N) is 1. The first-order chi connectivity index (χ1) is 11.5. The average molecular weight is 349 g/mol. The highest BCUT2D eigenvalue weighted by atomic mass is 32.1. The molecule has 3 rings (SSSR count). The van der Waals surface area contributed by atoms with Crippen molar-refractivity contribution in [2.75, 3.05) is 19.6 Å². The number of carbonyl (C=O) groups excluding carboxylic acids is 3. The van der Waals surface area contributed by atoms with Crippen molar-refractivity contribution in [2.45, 2.75) is 44.6 Å². The maximum absolute atomic E-state index is 12.8. The van der Waals surface area contributed by atoms with Crippen LogP contribution in [0.5, 0.6) is 0 Å². The number of likely N-dealkylation sites (tertiary alicyclic amines) is 1. The lowest BCUT2D eigenvalue weighted by Gasteiger charge is -2.26. The van der Waals surface area contributed by atoms with Crippen molar-refractivity contribution < 1.29 is 14.4 Å². The quantitative estimate of drug-likeness (QED) is 0.852. The lowest BCUT2D eigenvalue weighted by Crippen LogP contribution is -2.45. The van der Waals surface area contributed by atoms with Gasteiger partial charge in [-0.3, -0.25) is 14.5 Å². The number of imide groups is 1. The van der Waals surface area contributed by atoms with Crippen molar-refractivity contribution >= 4 is 29.2 Å². The first-order valence-corrected chi connectivity index (χ1v) is 9.36. The van der Waals surface area contributed by atoms with Gasteiger partial charge in [0, 0.05) is 18.0 Å². The van der Waals surface area contributed by atoms with Crippen LogP contribution in [0.25, 0.3) is 0 Å². The molecule has 1 atom stereocenters. The molecule has 4 amide bonds. The monoisotopic (exact) mass is 349 g/mol. The van der Waals surface area contributed by atoms with Crippen LogP contribution in [0.15, 0.2) is 17.5 Å². The van der Waals surface area contributed by atoms with E-state index < -0.39 is 11.6 Å². The standard InChI is InChI=1S/C17H23N3O3S/c1-17(13-8-7-11-24-13)15(22)20(16(23)18-17)12-14(21)19-9-5-3-2-4-6-10-19/h7-8,11H,2-6,9-10,12H2,1H3,(H,18,23). The molecule has 2 fully saturated rings. The number of nitrogens with zero attached hydrogens (tertiary/aromatic N) is 2. The van der Waals surface area contributed by atoms with Gasteiger partial charge in [-0.1, -0.05) is 25.3 Å². The van der Waals surface area contributed by atoms with Crippen LogP contribution in [0.2, 0.25) is 0 Å². The molecule has 2 aliphatic rings. The third-order valence-electron chi connectivity index (χ3n) is 4.79. The Bertz CT molecular complexity index is 623. The highest BCUT2D eigenvalue weighted by molar-refractivity contribution is 7.10. The fraction of sp³-hybridized carbons (Fsp3) is 0.588. The molecule has 1 aromatic rings. The van der Waals surface area contributed by atoms with Crippen molar-refractivity contribution in [2.24, 2.45) is 0 Å². The molecule has 0 radical (unpaired) electrons. The van der Waals surface area contributed by atoms with Crippen LogP contribution >= 0.6 is 11.3 Å². The highest BCUT2D eigenvalue weighted by Gasteiger charge is 2.50. The Morgan fingerprint density at radius 3 is 2.50 bits per heavy atom. The summed E-state index contributed by atoms with van der Waals surface area (Å²) in [5.74, 6) is -0.494. The molecule has 6 nitrogen and oxygen atoms in total. The molecule has 1 N–H and O–H groups in total. The summed E-state index contributed by atoms with van der Waals surface area (Å²) in [4.78, 5) is 41.2. The molecule has 2 aliphatic heterocycles. The third kappa shape index (κ3) is 3.17. The Labute approximate surface area is 145 Å². The second-order valence-corrected chi connectivity index (χ2v) is 7.52. The number of amides is 4. The molecule has 0 aliphatic carbocycles. The van der Waals surface area contributed by atoms with E-state index in [1.54, 1.807) is 11.8 Å².